The minimum Gasteiger partial charge on any atom is -0.497 e. The molecule has 0 atom stereocenters. The van der Waals surface area contributed by atoms with Crippen LogP contribution in [0, 0.1) is 6.92 Å². The summed E-state index contributed by atoms with van der Waals surface area (Å²) in [6, 6.07) is 16.4. The van der Waals surface area contributed by atoms with E-state index in [1.807, 2.05) is 24.3 Å². The van der Waals surface area contributed by atoms with Gasteiger partial charge in [-0.25, -0.2) is 0 Å². The van der Waals surface area contributed by atoms with Crippen molar-refractivity contribution in [2.75, 3.05) is 51.8 Å². The van der Waals surface area contributed by atoms with Gasteiger partial charge in [-0.1, -0.05) is 30.3 Å². The summed E-state index contributed by atoms with van der Waals surface area (Å²) in [7, 11) is 1.69. The number of methoxy groups -OCH3 is 1. The smallest absolute Gasteiger partial charge is 0.173 e. The Balaban J connectivity index is 1.63. The normalized spacial score (nSPS) is 14.4. The number of benzene rings is 2. The second-order valence-corrected chi connectivity index (χ2v) is 7.71. The van der Waals surface area contributed by atoms with Gasteiger partial charge in [0, 0.05) is 38.4 Å². The van der Waals surface area contributed by atoms with Gasteiger partial charge >= 0.3 is 0 Å². The number of nitrogens with one attached hydrogen (secondary N) is 1. The standard InChI is InChI=1S/C23H31N3O2S/c1-19-6-3-4-7-22(19)24-23(29)26(13-5-12-25-14-16-28-17-15-25)18-20-8-10-21(27-2)11-9-20/h3-4,6-11H,5,12-18H2,1-2H3,(H,24,29). The first-order valence-corrected chi connectivity index (χ1v) is 10.6. The zero-order valence-electron chi connectivity index (χ0n) is 17.4. The predicted molar refractivity (Wildman–Crippen MR) is 123 cm³/mol. The van der Waals surface area contributed by atoms with Gasteiger partial charge in [0.15, 0.2) is 5.11 Å². The van der Waals surface area contributed by atoms with Gasteiger partial charge in [-0.05, 0) is 54.9 Å². The number of hydrogen-bond donors (Lipinski definition) is 1. The molecule has 0 radical (unpaired) electrons. The maximum absolute atomic E-state index is 5.79. The van der Waals surface area contributed by atoms with Crippen LogP contribution in [-0.4, -0.2) is 61.4 Å². The Morgan fingerprint density at radius 3 is 2.55 bits per heavy atom. The van der Waals surface area contributed by atoms with Crippen molar-refractivity contribution >= 4 is 23.0 Å². The minimum absolute atomic E-state index is 0.761. The number of aryl methyl sites for hydroxylation is 1. The number of morpholine rings is 1. The average molecular weight is 414 g/mol. The van der Waals surface area contributed by atoms with Crippen LogP contribution >= 0.6 is 12.2 Å². The fourth-order valence-corrected chi connectivity index (χ4v) is 3.69. The lowest BCUT2D eigenvalue weighted by molar-refractivity contribution is 0.0368. The molecule has 0 amide bonds. The van der Waals surface area contributed by atoms with Gasteiger partial charge in [0.25, 0.3) is 0 Å². The summed E-state index contributed by atoms with van der Waals surface area (Å²) in [4.78, 5) is 4.72. The molecule has 2 aromatic carbocycles. The summed E-state index contributed by atoms with van der Waals surface area (Å²) < 4.78 is 10.7. The van der Waals surface area contributed by atoms with Crippen molar-refractivity contribution in [2.45, 2.75) is 19.9 Å². The molecular weight excluding hydrogens is 382 g/mol. The maximum atomic E-state index is 5.79. The lowest BCUT2D eigenvalue weighted by Gasteiger charge is -2.30. The van der Waals surface area contributed by atoms with E-state index in [2.05, 4.69) is 46.3 Å². The van der Waals surface area contributed by atoms with Gasteiger partial charge < -0.3 is 19.7 Å². The Labute approximate surface area is 179 Å². The summed E-state index contributed by atoms with van der Waals surface area (Å²) in [5.74, 6) is 0.869. The molecule has 1 aliphatic rings. The van der Waals surface area contributed by atoms with Crippen LogP contribution in [-0.2, 0) is 11.3 Å². The number of rotatable bonds is 8. The van der Waals surface area contributed by atoms with Crippen molar-refractivity contribution in [1.82, 2.24) is 9.80 Å². The lowest BCUT2D eigenvalue weighted by atomic mass is 10.2. The molecule has 0 aromatic heterocycles. The second kappa shape index (κ2) is 11.1. The van der Waals surface area contributed by atoms with Crippen molar-refractivity contribution in [3.05, 3.63) is 59.7 Å². The van der Waals surface area contributed by atoms with Crippen LogP contribution < -0.4 is 10.1 Å². The summed E-state index contributed by atoms with van der Waals surface area (Å²) >= 11 is 5.79. The van der Waals surface area contributed by atoms with Crippen LogP contribution in [0.5, 0.6) is 5.75 Å². The van der Waals surface area contributed by atoms with E-state index in [1.165, 1.54) is 11.1 Å². The van der Waals surface area contributed by atoms with Gasteiger partial charge in [0.1, 0.15) is 5.75 Å². The lowest BCUT2D eigenvalue weighted by Crippen LogP contribution is -2.40. The molecule has 0 unspecified atom stereocenters. The Morgan fingerprint density at radius 1 is 1.14 bits per heavy atom. The molecule has 1 N–H and O–H groups in total. The first-order chi connectivity index (χ1) is 14.2. The highest BCUT2D eigenvalue weighted by Gasteiger charge is 2.14. The van der Waals surface area contributed by atoms with Crippen molar-refractivity contribution < 1.29 is 9.47 Å². The molecule has 1 fully saturated rings. The molecule has 0 spiro atoms. The summed E-state index contributed by atoms with van der Waals surface area (Å²) in [6.07, 6.45) is 1.06. The molecule has 1 saturated heterocycles. The Kier molecular flexibility index (Phi) is 8.28. The highest BCUT2D eigenvalue weighted by molar-refractivity contribution is 7.80. The largest absolute Gasteiger partial charge is 0.497 e. The van der Waals surface area contributed by atoms with Crippen molar-refractivity contribution in [2.24, 2.45) is 0 Å². The SMILES string of the molecule is COc1ccc(CN(CCCN2CCOCC2)C(=S)Nc2ccccc2C)cc1. The quantitative estimate of drug-likeness (QED) is 0.661. The van der Waals surface area contributed by atoms with E-state index >= 15 is 0 Å². The van der Waals surface area contributed by atoms with Crippen LogP contribution in [0.3, 0.4) is 0 Å². The average Bonchev–Trinajstić information content (AvgIpc) is 2.76. The third-order valence-electron chi connectivity index (χ3n) is 5.21. The molecule has 1 heterocycles. The number of ether oxygens (including phenoxy) is 2. The monoisotopic (exact) mass is 413 g/mol. The third kappa shape index (κ3) is 6.70. The summed E-state index contributed by atoms with van der Waals surface area (Å²) in [6.45, 7) is 8.54. The Hall–Kier alpha value is -2.15. The predicted octanol–water partition coefficient (Wildman–Crippen LogP) is 3.92. The van der Waals surface area contributed by atoms with Gasteiger partial charge in [-0.2, -0.15) is 0 Å². The molecule has 6 heteroatoms. The molecule has 2 aromatic rings. The van der Waals surface area contributed by atoms with E-state index in [0.717, 1.165) is 68.9 Å². The van der Waals surface area contributed by atoms with Crippen LogP contribution in [0.1, 0.15) is 17.5 Å². The minimum atomic E-state index is 0.761. The zero-order valence-corrected chi connectivity index (χ0v) is 18.2. The molecule has 0 bridgehead atoms. The molecule has 5 nitrogen and oxygen atoms in total. The molecular formula is C23H31N3O2S. The molecule has 29 heavy (non-hydrogen) atoms. The molecule has 0 aliphatic carbocycles. The summed E-state index contributed by atoms with van der Waals surface area (Å²) in [5.41, 5.74) is 3.46. The van der Waals surface area contributed by atoms with Gasteiger partial charge in [0.2, 0.25) is 0 Å². The second-order valence-electron chi connectivity index (χ2n) is 7.32. The van der Waals surface area contributed by atoms with Crippen molar-refractivity contribution in [1.29, 1.82) is 0 Å². The number of thiocarbonyl (C=S) groups is 1. The van der Waals surface area contributed by atoms with E-state index in [-0.39, 0.29) is 0 Å². The number of hydrogen-bond acceptors (Lipinski definition) is 4. The molecule has 3 rings (SSSR count). The van der Waals surface area contributed by atoms with Crippen LogP contribution in [0.2, 0.25) is 0 Å². The van der Waals surface area contributed by atoms with Gasteiger partial charge in [-0.15, -0.1) is 0 Å². The van der Waals surface area contributed by atoms with E-state index in [1.54, 1.807) is 7.11 Å². The van der Waals surface area contributed by atoms with E-state index in [4.69, 9.17) is 21.7 Å². The Morgan fingerprint density at radius 2 is 1.86 bits per heavy atom. The highest BCUT2D eigenvalue weighted by atomic mass is 32.1. The fraction of sp³-hybridized carbons (Fsp3) is 0.435. The molecule has 0 saturated carbocycles. The first kappa shape index (κ1) is 21.6. The zero-order chi connectivity index (χ0) is 20.5. The summed E-state index contributed by atoms with van der Waals surface area (Å²) in [5, 5.41) is 4.20. The van der Waals surface area contributed by atoms with Crippen LogP contribution in [0.15, 0.2) is 48.5 Å². The van der Waals surface area contributed by atoms with Crippen LogP contribution in [0.4, 0.5) is 5.69 Å². The van der Waals surface area contributed by atoms with E-state index in [9.17, 15) is 0 Å². The maximum Gasteiger partial charge on any atom is 0.173 e. The first-order valence-electron chi connectivity index (χ1n) is 10.2. The number of para-hydroxylation sites is 1. The molecule has 156 valence electrons. The highest BCUT2D eigenvalue weighted by Crippen LogP contribution is 2.17. The molecule has 1 aliphatic heterocycles. The van der Waals surface area contributed by atoms with Crippen molar-refractivity contribution in [3.8, 4) is 5.75 Å². The third-order valence-corrected chi connectivity index (χ3v) is 5.57. The Bertz CT molecular complexity index is 776. The number of nitrogens with zero attached hydrogens (tertiary/aromatic N) is 2. The van der Waals surface area contributed by atoms with Gasteiger partial charge in [0.05, 0.1) is 20.3 Å². The van der Waals surface area contributed by atoms with E-state index in [0.29, 0.717) is 0 Å². The van der Waals surface area contributed by atoms with Gasteiger partial charge in [-0.3, -0.25) is 4.90 Å². The van der Waals surface area contributed by atoms with E-state index < -0.39 is 0 Å². The van der Waals surface area contributed by atoms with Crippen LogP contribution in [0.25, 0.3) is 0 Å². The van der Waals surface area contributed by atoms with Crippen molar-refractivity contribution in [3.63, 3.8) is 0 Å². The number of anilines is 1. The fourth-order valence-electron chi connectivity index (χ4n) is 3.42. The topological polar surface area (TPSA) is 37.0 Å².